The predicted octanol–water partition coefficient (Wildman–Crippen LogP) is 3.46. The van der Waals surface area contributed by atoms with Crippen LogP contribution in [0.1, 0.15) is 28.2 Å². The van der Waals surface area contributed by atoms with Crippen molar-refractivity contribution in [3.05, 3.63) is 76.9 Å². The first kappa shape index (κ1) is 17.2. The van der Waals surface area contributed by atoms with Gasteiger partial charge in [-0.15, -0.1) is 0 Å². The molecule has 0 bridgehead atoms. The van der Waals surface area contributed by atoms with E-state index in [1.165, 1.54) is 5.56 Å². The molecule has 4 nitrogen and oxygen atoms in total. The smallest absolute Gasteiger partial charge is 0.307 e. The van der Waals surface area contributed by atoms with Crippen molar-refractivity contribution in [3.63, 3.8) is 0 Å². The van der Waals surface area contributed by atoms with E-state index in [0.29, 0.717) is 6.61 Å². The van der Waals surface area contributed by atoms with E-state index in [9.17, 15) is 4.79 Å². The number of rotatable bonds is 5. The molecule has 1 aliphatic rings. The average molecular weight is 337 g/mol. The van der Waals surface area contributed by atoms with Gasteiger partial charge < -0.3 is 14.7 Å². The van der Waals surface area contributed by atoms with Crippen molar-refractivity contribution >= 4 is 5.97 Å². The van der Waals surface area contributed by atoms with Gasteiger partial charge in [-0.3, -0.25) is 4.79 Å². The Kier molecular flexibility index (Phi) is 5.19. The Balaban J connectivity index is 2.06. The van der Waals surface area contributed by atoms with Crippen molar-refractivity contribution in [2.75, 3.05) is 20.6 Å². The second-order valence-electron chi connectivity index (χ2n) is 6.60. The molecule has 1 unspecified atom stereocenters. The quantitative estimate of drug-likeness (QED) is 0.849. The molecule has 0 aliphatic carbocycles. The van der Waals surface area contributed by atoms with Crippen molar-refractivity contribution in [3.8, 4) is 5.75 Å². The molecule has 1 atom stereocenters. The SMILES string of the molecule is CN(C)C/C=C\C1c2ccccc2COc2ccc(CC(=O)O)cc21. The molecule has 2 aromatic carbocycles. The van der Waals surface area contributed by atoms with E-state index in [1.807, 2.05) is 44.4 Å². The average Bonchev–Trinajstić information content (AvgIpc) is 2.72. The summed E-state index contributed by atoms with van der Waals surface area (Å²) in [4.78, 5) is 13.2. The predicted molar refractivity (Wildman–Crippen MR) is 98.1 cm³/mol. The third-order valence-electron chi connectivity index (χ3n) is 4.34. The Morgan fingerprint density at radius 3 is 2.80 bits per heavy atom. The van der Waals surface area contributed by atoms with Crippen LogP contribution in [-0.2, 0) is 17.8 Å². The molecule has 130 valence electrons. The normalized spacial score (nSPS) is 16.2. The van der Waals surface area contributed by atoms with Gasteiger partial charge in [-0.25, -0.2) is 0 Å². The zero-order valence-electron chi connectivity index (χ0n) is 14.6. The fourth-order valence-electron chi connectivity index (χ4n) is 3.16. The number of allylic oxidation sites excluding steroid dienone is 1. The van der Waals surface area contributed by atoms with Gasteiger partial charge in [0.25, 0.3) is 0 Å². The van der Waals surface area contributed by atoms with Crippen molar-refractivity contribution in [2.24, 2.45) is 0 Å². The molecule has 3 rings (SSSR count). The largest absolute Gasteiger partial charge is 0.489 e. The van der Waals surface area contributed by atoms with E-state index in [0.717, 1.165) is 29.0 Å². The van der Waals surface area contributed by atoms with Crippen LogP contribution in [-0.4, -0.2) is 36.6 Å². The highest BCUT2D eigenvalue weighted by molar-refractivity contribution is 5.70. The standard InChI is InChI=1S/C21H23NO3/c1-22(2)11-5-8-18-17-7-4-3-6-16(17)14-25-20-10-9-15(12-19(18)20)13-21(23)24/h3-10,12,18H,11,13-14H2,1-2H3,(H,23,24)/b8-5-. The van der Waals surface area contributed by atoms with Crippen LogP contribution in [0.25, 0.3) is 0 Å². The third kappa shape index (κ3) is 4.09. The zero-order valence-corrected chi connectivity index (χ0v) is 14.6. The highest BCUT2D eigenvalue weighted by Gasteiger charge is 2.23. The maximum absolute atomic E-state index is 11.1. The lowest BCUT2D eigenvalue weighted by Gasteiger charge is -2.17. The van der Waals surface area contributed by atoms with Gasteiger partial charge in [0, 0.05) is 18.0 Å². The summed E-state index contributed by atoms with van der Waals surface area (Å²) in [5.41, 5.74) is 4.20. The van der Waals surface area contributed by atoms with Crippen LogP contribution in [0.15, 0.2) is 54.6 Å². The van der Waals surface area contributed by atoms with Crippen LogP contribution in [0.4, 0.5) is 0 Å². The number of carboxylic acid groups (broad SMARTS) is 1. The van der Waals surface area contributed by atoms with E-state index in [4.69, 9.17) is 9.84 Å². The second-order valence-corrected chi connectivity index (χ2v) is 6.60. The maximum Gasteiger partial charge on any atom is 0.307 e. The summed E-state index contributed by atoms with van der Waals surface area (Å²) < 4.78 is 6.00. The minimum absolute atomic E-state index is 0.0169. The van der Waals surface area contributed by atoms with Gasteiger partial charge in [0.2, 0.25) is 0 Å². The second kappa shape index (κ2) is 7.53. The number of fused-ring (bicyclic) bond motifs is 2. The Bertz CT molecular complexity index is 795. The first-order valence-corrected chi connectivity index (χ1v) is 8.41. The van der Waals surface area contributed by atoms with Gasteiger partial charge >= 0.3 is 5.97 Å². The molecule has 0 saturated heterocycles. The summed E-state index contributed by atoms with van der Waals surface area (Å²) in [5.74, 6) is 0.0572. The highest BCUT2D eigenvalue weighted by atomic mass is 16.5. The summed E-state index contributed by atoms with van der Waals surface area (Å²) in [5, 5.41) is 9.10. The van der Waals surface area contributed by atoms with E-state index in [2.05, 4.69) is 29.2 Å². The summed E-state index contributed by atoms with van der Waals surface area (Å²) in [6.45, 7) is 1.38. The molecule has 0 aromatic heterocycles. The molecular formula is C21H23NO3. The van der Waals surface area contributed by atoms with Crippen LogP contribution in [0.5, 0.6) is 5.75 Å². The molecular weight excluding hydrogens is 314 g/mol. The molecule has 4 heteroatoms. The van der Waals surface area contributed by atoms with Crippen molar-refractivity contribution in [1.29, 1.82) is 0 Å². The van der Waals surface area contributed by atoms with E-state index >= 15 is 0 Å². The fraction of sp³-hybridized carbons (Fsp3) is 0.286. The number of benzene rings is 2. The summed E-state index contributed by atoms with van der Waals surface area (Å²) >= 11 is 0. The molecule has 0 fully saturated rings. The topological polar surface area (TPSA) is 49.8 Å². The van der Waals surface area contributed by atoms with Gasteiger partial charge in [0.05, 0.1) is 6.42 Å². The number of hydrogen-bond donors (Lipinski definition) is 1. The number of ether oxygens (including phenoxy) is 1. The van der Waals surface area contributed by atoms with E-state index in [1.54, 1.807) is 0 Å². The van der Waals surface area contributed by atoms with Gasteiger partial charge in [-0.1, -0.05) is 48.6 Å². The highest BCUT2D eigenvalue weighted by Crippen LogP contribution is 2.38. The first-order chi connectivity index (χ1) is 12.0. The van der Waals surface area contributed by atoms with Gasteiger partial charge in [0.15, 0.2) is 0 Å². The molecule has 0 spiro atoms. The lowest BCUT2D eigenvalue weighted by atomic mass is 9.87. The molecule has 1 N–H and O–H groups in total. The Morgan fingerprint density at radius 2 is 2.04 bits per heavy atom. The lowest BCUT2D eigenvalue weighted by Crippen LogP contribution is -2.11. The number of carbonyl (C=O) groups is 1. The summed E-state index contributed by atoms with van der Waals surface area (Å²) in [6, 6.07) is 14.0. The molecule has 0 radical (unpaired) electrons. The Labute approximate surface area is 148 Å². The third-order valence-corrected chi connectivity index (χ3v) is 4.34. The number of nitrogens with zero attached hydrogens (tertiary/aromatic N) is 1. The number of likely N-dealkylation sites (N-methyl/N-ethyl adjacent to an activating group) is 1. The van der Waals surface area contributed by atoms with Crippen LogP contribution >= 0.6 is 0 Å². The van der Waals surface area contributed by atoms with Gasteiger partial charge in [-0.2, -0.15) is 0 Å². The molecule has 2 aromatic rings. The Morgan fingerprint density at radius 1 is 1.24 bits per heavy atom. The van der Waals surface area contributed by atoms with E-state index < -0.39 is 5.97 Å². The number of carboxylic acids is 1. The minimum Gasteiger partial charge on any atom is -0.489 e. The van der Waals surface area contributed by atoms with Crippen LogP contribution < -0.4 is 4.74 Å². The molecule has 1 heterocycles. The van der Waals surface area contributed by atoms with Crippen LogP contribution in [0, 0.1) is 0 Å². The molecule has 0 amide bonds. The van der Waals surface area contributed by atoms with Crippen molar-refractivity contribution in [1.82, 2.24) is 4.90 Å². The van der Waals surface area contributed by atoms with Crippen LogP contribution in [0.2, 0.25) is 0 Å². The Hall–Kier alpha value is -2.59. The molecule has 0 saturated carbocycles. The molecule has 25 heavy (non-hydrogen) atoms. The zero-order chi connectivity index (χ0) is 17.8. The lowest BCUT2D eigenvalue weighted by molar-refractivity contribution is -0.136. The van der Waals surface area contributed by atoms with Crippen LogP contribution in [0.3, 0.4) is 0 Å². The van der Waals surface area contributed by atoms with Crippen molar-refractivity contribution in [2.45, 2.75) is 18.9 Å². The fourth-order valence-corrected chi connectivity index (χ4v) is 3.16. The maximum atomic E-state index is 11.1. The van der Waals surface area contributed by atoms with E-state index in [-0.39, 0.29) is 12.3 Å². The monoisotopic (exact) mass is 337 g/mol. The van der Waals surface area contributed by atoms with Gasteiger partial charge in [0.1, 0.15) is 12.4 Å². The summed E-state index contributed by atoms with van der Waals surface area (Å²) in [7, 11) is 4.07. The number of aliphatic carboxylic acids is 1. The van der Waals surface area contributed by atoms with Crippen molar-refractivity contribution < 1.29 is 14.6 Å². The summed E-state index contributed by atoms with van der Waals surface area (Å²) in [6.07, 6.45) is 4.36. The number of hydrogen-bond acceptors (Lipinski definition) is 3. The van der Waals surface area contributed by atoms with Gasteiger partial charge in [-0.05, 0) is 36.9 Å². The minimum atomic E-state index is -0.824. The first-order valence-electron chi connectivity index (χ1n) is 8.41. The molecule has 1 aliphatic heterocycles.